The lowest BCUT2D eigenvalue weighted by Crippen LogP contribution is -2.26. The number of amides is 1. The molecular weight excluding hydrogens is 341 g/mol. The molecule has 3 heterocycles. The zero-order valence-electron chi connectivity index (χ0n) is 12.6. The molecule has 0 bridgehead atoms. The van der Waals surface area contributed by atoms with Crippen molar-refractivity contribution in [3.63, 3.8) is 0 Å². The molecule has 0 spiro atoms. The number of thiazole rings is 1. The minimum absolute atomic E-state index is 0.0818. The monoisotopic (exact) mass is 356 g/mol. The number of hydrogen-bond donors (Lipinski definition) is 2. The van der Waals surface area contributed by atoms with E-state index in [1.165, 1.54) is 11.3 Å². The molecule has 2 aromatic heterocycles. The molecule has 3 rings (SSSR count). The Morgan fingerprint density at radius 3 is 2.58 bits per heavy atom. The van der Waals surface area contributed by atoms with Crippen LogP contribution in [0.3, 0.4) is 0 Å². The molecule has 0 radical (unpaired) electrons. The van der Waals surface area contributed by atoms with Crippen molar-refractivity contribution in [2.45, 2.75) is 24.9 Å². The summed E-state index contributed by atoms with van der Waals surface area (Å²) in [6, 6.07) is 1.89. The summed E-state index contributed by atoms with van der Waals surface area (Å²) in [5.41, 5.74) is -0.969. The summed E-state index contributed by atoms with van der Waals surface area (Å²) in [6.45, 7) is 1.92. The van der Waals surface area contributed by atoms with E-state index in [2.05, 4.69) is 20.6 Å². The second-order valence-electron chi connectivity index (χ2n) is 5.48. The lowest BCUT2D eigenvalue weighted by molar-refractivity contribution is -0.137. The summed E-state index contributed by atoms with van der Waals surface area (Å²) in [5, 5.41) is 6.30. The number of halogens is 3. The van der Waals surface area contributed by atoms with Gasteiger partial charge >= 0.3 is 6.18 Å². The first-order valence-electron chi connectivity index (χ1n) is 7.44. The van der Waals surface area contributed by atoms with E-state index in [1.54, 1.807) is 6.20 Å². The molecule has 0 aromatic carbocycles. The van der Waals surface area contributed by atoms with E-state index in [-0.39, 0.29) is 5.69 Å². The van der Waals surface area contributed by atoms with Crippen LogP contribution < -0.4 is 10.6 Å². The largest absolute Gasteiger partial charge is 0.417 e. The molecule has 1 aliphatic rings. The maximum absolute atomic E-state index is 12.5. The molecule has 128 valence electrons. The van der Waals surface area contributed by atoms with Crippen LogP contribution in [0.5, 0.6) is 0 Å². The molecule has 2 aromatic rings. The van der Waals surface area contributed by atoms with Gasteiger partial charge in [0, 0.05) is 17.3 Å². The highest BCUT2D eigenvalue weighted by Gasteiger charge is 2.31. The molecule has 1 amide bonds. The van der Waals surface area contributed by atoms with E-state index in [4.69, 9.17) is 0 Å². The minimum Gasteiger partial charge on any atom is -0.317 e. The Morgan fingerprint density at radius 1 is 1.21 bits per heavy atom. The van der Waals surface area contributed by atoms with Crippen LogP contribution in [0.1, 0.15) is 39.7 Å². The number of piperidine rings is 1. The van der Waals surface area contributed by atoms with Gasteiger partial charge in [0.2, 0.25) is 0 Å². The predicted molar refractivity (Wildman–Crippen MR) is 84.2 cm³/mol. The van der Waals surface area contributed by atoms with Crippen molar-refractivity contribution in [2.24, 2.45) is 0 Å². The SMILES string of the molecule is O=C(Nc1ncc(C2CCNCC2)s1)c1ccc(C(F)(F)F)cn1. The number of carbonyl (C=O) groups excluding carboxylic acids is 1. The van der Waals surface area contributed by atoms with E-state index in [1.807, 2.05) is 0 Å². The fraction of sp³-hybridized carbons (Fsp3) is 0.400. The topological polar surface area (TPSA) is 66.9 Å². The number of rotatable bonds is 3. The molecule has 0 atom stereocenters. The summed E-state index contributed by atoms with van der Waals surface area (Å²) in [5.74, 6) is -0.145. The van der Waals surface area contributed by atoms with Gasteiger partial charge in [-0.15, -0.1) is 11.3 Å². The Bertz CT molecular complexity index is 708. The number of alkyl halides is 3. The molecule has 0 aliphatic carbocycles. The Morgan fingerprint density at radius 2 is 1.96 bits per heavy atom. The number of hydrogen-bond acceptors (Lipinski definition) is 5. The Labute approximate surface area is 140 Å². The highest BCUT2D eigenvalue weighted by Crippen LogP contribution is 2.32. The van der Waals surface area contributed by atoms with Gasteiger partial charge in [-0.05, 0) is 44.0 Å². The van der Waals surface area contributed by atoms with Gasteiger partial charge in [-0.3, -0.25) is 15.1 Å². The highest BCUT2D eigenvalue weighted by atomic mass is 32.1. The van der Waals surface area contributed by atoms with Crippen LogP contribution in [0.15, 0.2) is 24.5 Å². The van der Waals surface area contributed by atoms with Gasteiger partial charge in [0.05, 0.1) is 5.56 Å². The number of aromatic nitrogens is 2. The average Bonchev–Trinajstić information content (AvgIpc) is 3.03. The summed E-state index contributed by atoms with van der Waals surface area (Å²) in [7, 11) is 0. The van der Waals surface area contributed by atoms with Crippen molar-refractivity contribution in [1.82, 2.24) is 15.3 Å². The quantitative estimate of drug-likeness (QED) is 0.886. The van der Waals surface area contributed by atoms with Crippen LogP contribution in [0.2, 0.25) is 0 Å². The van der Waals surface area contributed by atoms with E-state index < -0.39 is 17.6 Å². The van der Waals surface area contributed by atoms with E-state index in [9.17, 15) is 18.0 Å². The third-order valence-electron chi connectivity index (χ3n) is 3.81. The van der Waals surface area contributed by atoms with Gasteiger partial charge in [0.25, 0.3) is 5.91 Å². The first-order valence-corrected chi connectivity index (χ1v) is 8.26. The Kier molecular flexibility index (Phi) is 4.81. The van der Waals surface area contributed by atoms with Crippen molar-refractivity contribution < 1.29 is 18.0 Å². The molecule has 1 saturated heterocycles. The second-order valence-corrected chi connectivity index (χ2v) is 6.54. The lowest BCUT2D eigenvalue weighted by atomic mass is 9.97. The first kappa shape index (κ1) is 16.8. The van der Waals surface area contributed by atoms with Gasteiger partial charge in [0.15, 0.2) is 5.13 Å². The molecule has 1 aliphatic heterocycles. The van der Waals surface area contributed by atoms with Crippen molar-refractivity contribution in [3.8, 4) is 0 Å². The molecule has 2 N–H and O–H groups in total. The zero-order valence-corrected chi connectivity index (χ0v) is 13.4. The van der Waals surface area contributed by atoms with E-state index in [0.717, 1.165) is 42.9 Å². The van der Waals surface area contributed by atoms with Crippen LogP contribution >= 0.6 is 11.3 Å². The maximum atomic E-state index is 12.5. The Hall–Kier alpha value is -2.00. The number of pyridine rings is 1. The van der Waals surface area contributed by atoms with Crippen molar-refractivity contribution in [1.29, 1.82) is 0 Å². The first-order chi connectivity index (χ1) is 11.4. The standard InChI is InChI=1S/C15H15F3N4OS/c16-15(17,18)10-1-2-11(20-7-10)13(23)22-14-21-8-12(24-14)9-3-5-19-6-4-9/h1-2,7-9,19H,3-6H2,(H,21,22,23). The van der Waals surface area contributed by atoms with Crippen LogP contribution in [0.4, 0.5) is 18.3 Å². The van der Waals surface area contributed by atoms with Gasteiger partial charge in [-0.2, -0.15) is 13.2 Å². The average molecular weight is 356 g/mol. The van der Waals surface area contributed by atoms with E-state index >= 15 is 0 Å². The second kappa shape index (κ2) is 6.86. The van der Waals surface area contributed by atoms with Crippen LogP contribution in [0, 0.1) is 0 Å². The fourth-order valence-corrected chi connectivity index (χ4v) is 3.48. The fourth-order valence-electron chi connectivity index (χ4n) is 2.50. The summed E-state index contributed by atoms with van der Waals surface area (Å²) in [4.78, 5) is 20.9. The molecular formula is C15H15F3N4OS. The minimum atomic E-state index is -4.47. The highest BCUT2D eigenvalue weighted by molar-refractivity contribution is 7.15. The number of nitrogens with one attached hydrogen (secondary N) is 2. The van der Waals surface area contributed by atoms with Gasteiger partial charge in [0.1, 0.15) is 5.69 Å². The van der Waals surface area contributed by atoms with Gasteiger partial charge in [-0.1, -0.05) is 0 Å². The molecule has 0 unspecified atom stereocenters. The number of carbonyl (C=O) groups is 1. The van der Waals surface area contributed by atoms with Gasteiger partial charge < -0.3 is 5.32 Å². The van der Waals surface area contributed by atoms with E-state index in [0.29, 0.717) is 17.2 Å². The predicted octanol–water partition coefficient (Wildman–Crippen LogP) is 3.28. The summed E-state index contributed by atoms with van der Waals surface area (Å²) in [6.07, 6.45) is -0.0270. The smallest absolute Gasteiger partial charge is 0.317 e. The molecule has 5 nitrogen and oxygen atoms in total. The van der Waals surface area contributed by atoms with Crippen LogP contribution in [-0.4, -0.2) is 29.0 Å². The molecule has 9 heteroatoms. The lowest BCUT2D eigenvalue weighted by Gasteiger charge is -2.20. The maximum Gasteiger partial charge on any atom is 0.417 e. The zero-order chi connectivity index (χ0) is 17.2. The number of nitrogens with zero attached hydrogens (tertiary/aromatic N) is 2. The van der Waals surface area contributed by atoms with Crippen molar-refractivity contribution in [2.75, 3.05) is 18.4 Å². The summed E-state index contributed by atoms with van der Waals surface area (Å²) >= 11 is 1.39. The third-order valence-corrected chi connectivity index (χ3v) is 4.88. The molecule has 1 fully saturated rings. The van der Waals surface area contributed by atoms with Crippen molar-refractivity contribution in [3.05, 3.63) is 40.7 Å². The van der Waals surface area contributed by atoms with Crippen LogP contribution in [0.25, 0.3) is 0 Å². The summed E-state index contributed by atoms with van der Waals surface area (Å²) < 4.78 is 37.5. The molecule has 0 saturated carbocycles. The number of anilines is 1. The van der Waals surface area contributed by atoms with Crippen LogP contribution in [-0.2, 0) is 6.18 Å². The third kappa shape index (κ3) is 3.90. The van der Waals surface area contributed by atoms with Crippen molar-refractivity contribution >= 4 is 22.4 Å². The molecule has 24 heavy (non-hydrogen) atoms. The Balaban J connectivity index is 1.65. The normalized spacial score (nSPS) is 16.1. The van der Waals surface area contributed by atoms with Gasteiger partial charge in [-0.25, -0.2) is 4.98 Å².